The number of benzene rings is 1. The Bertz CT molecular complexity index is 499. The molecule has 1 aromatic rings. The fraction of sp³-hybridized carbons (Fsp3) is 0.462. The standard InChI is InChI=1S/C13H15ClFN3/c14-9-3-4-10(11(15)5-9)12-6-17-13(16)18(12)7-8-1-2-8/h3-5,8,12H,1-2,6-7H2,(H2,16,17). The second-order valence-electron chi connectivity index (χ2n) is 4.98. The Morgan fingerprint density at radius 1 is 1.44 bits per heavy atom. The van der Waals surface area contributed by atoms with E-state index < -0.39 is 0 Å². The van der Waals surface area contributed by atoms with Crippen LogP contribution >= 0.6 is 11.6 Å². The molecule has 1 aliphatic heterocycles. The average Bonchev–Trinajstić information content (AvgIpc) is 3.06. The highest BCUT2D eigenvalue weighted by atomic mass is 35.5. The molecule has 1 aliphatic carbocycles. The van der Waals surface area contributed by atoms with Crippen molar-refractivity contribution in [3.63, 3.8) is 0 Å². The summed E-state index contributed by atoms with van der Waals surface area (Å²) in [6, 6.07) is 4.71. The summed E-state index contributed by atoms with van der Waals surface area (Å²) in [6.07, 6.45) is 2.47. The van der Waals surface area contributed by atoms with Crippen LogP contribution in [0.4, 0.5) is 4.39 Å². The fourth-order valence-electron chi connectivity index (χ4n) is 2.37. The number of guanidine groups is 1. The van der Waals surface area contributed by atoms with E-state index in [1.54, 1.807) is 12.1 Å². The lowest BCUT2D eigenvalue weighted by Gasteiger charge is -2.26. The van der Waals surface area contributed by atoms with Crippen molar-refractivity contribution in [2.45, 2.75) is 18.9 Å². The lowest BCUT2D eigenvalue weighted by molar-refractivity contribution is 0.326. The van der Waals surface area contributed by atoms with Gasteiger partial charge in [0, 0.05) is 17.1 Å². The first-order chi connectivity index (χ1) is 8.65. The van der Waals surface area contributed by atoms with E-state index in [2.05, 4.69) is 4.99 Å². The van der Waals surface area contributed by atoms with Gasteiger partial charge in [0.1, 0.15) is 5.82 Å². The Labute approximate surface area is 110 Å². The number of rotatable bonds is 3. The molecule has 1 fully saturated rings. The molecule has 18 heavy (non-hydrogen) atoms. The van der Waals surface area contributed by atoms with Gasteiger partial charge in [0.05, 0.1) is 12.6 Å². The molecule has 2 aliphatic rings. The largest absolute Gasteiger partial charge is 0.370 e. The van der Waals surface area contributed by atoms with Gasteiger partial charge in [0.25, 0.3) is 0 Å². The van der Waals surface area contributed by atoms with Crippen LogP contribution in [-0.2, 0) is 0 Å². The molecule has 0 spiro atoms. The zero-order chi connectivity index (χ0) is 12.7. The maximum atomic E-state index is 14.0. The van der Waals surface area contributed by atoms with Crippen molar-refractivity contribution in [2.75, 3.05) is 13.1 Å². The van der Waals surface area contributed by atoms with Gasteiger partial charge >= 0.3 is 0 Å². The number of hydrogen-bond acceptors (Lipinski definition) is 3. The van der Waals surface area contributed by atoms with Gasteiger partial charge in [-0.05, 0) is 30.9 Å². The quantitative estimate of drug-likeness (QED) is 0.915. The molecule has 0 saturated heterocycles. The Kier molecular flexibility index (Phi) is 2.90. The molecule has 1 atom stereocenters. The van der Waals surface area contributed by atoms with Crippen molar-refractivity contribution in [1.29, 1.82) is 0 Å². The highest BCUT2D eigenvalue weighted by molar-refractivity contribution is 6.30. The molecule has 1 aromatic carbocycles. The summed E-state index contributed by atoms with van der Waals surface area (Å²) < 4.78 is 14.0. The minimum Gasteiger partial charge on any atom is -0.370 e. The highest BCUT2D eigenvalue weighted by Crippen LogP contribution is 2.35. The van der Waals surface area contributed by atoms with E-state index in [4.69, 9.17) is 17.3 Å². The van der Waals surface area contributed by atoms with E-state index in [1.165, 1.54) is 18.9 Å². The summed E-state index contributed by atoms with van der Waals surface area (Å²) in [5.41, 5.74) is 6.52. The van der Waals surface area contributed by atoms with Crippen molar-refractivity contribution >= 4 is 17.6 Å². The van der Waals surface area contributed by atoms with E-state index in [9.17, 15) is 4.39 Å². The highest BCUT2D eigenvalue weighted by Gasteiger charge is 2.34. The molecule has 1 heterocycles. The Balaban J connectivity index is 1.85. The lowest BCUT2D eigenvalue weighted by Crippen LogP contribution is -2.37. The molecule has 3 nitrogen and oxygen atoms in total. The van der Waals surface area contributed by atoms with Crippen molar-refractivity contribution in [1.82, 2.24) is 4.90 Å². The maximum Gasteiger partial charge on any atom is 0.191 e. The molecular weight excluding hydrogens is 253 g/mol. The molecule has 1 saturated carbocycles. The average molecular weight is 268 g/mol. The molecule has 0 aromatic heterocycles. The molecule has 0 amide bonds. The number of nitrogens with zero attached hydrogens (tertiary/aromatic N) is 2. The van der Waals surface area contributed by atoms with E-state index in [0.29, 0.717) is 29.0 Å². The van der Waals surface area contributed by atoms with E-state index >= 15 is 0 Å². The zero-order valence-electron chi connectivity index (χ0n) is 9.94. The van der Waals surface area contributed by atoms with Crippen molar-refractivity contribution < 1.29 is 4.39 Å². The number of halogens is 2. The molecule has 1 unspecified atom stereocenters. The minimum absolute atomic E-state index is 0.0807. The SMILES string of the molecule is NC1=NCC(c2ccc(Cl)cc2F)N1CC1CC1. The number of hydrogen-bond donors (Lipinski definition) is 1. The maximum absolute atomic E-state index is 14.0. The summed E-state index contributed by atoms with van der Waals surface area (Å²) in [4.78, 5) is 6.26. The van der Waals surface area contributed by atoms with Crippen molar-refractivity contribution in [3.05, 3.63) is 34.6 Å². The van der Waals surface area contributed by atoms with Gasteiger partial charge in [-0.3, -0.25) is 4.99 Å². The van der Waals surface area contributed by atoms with Crippen LogP contribution in [0.25, 0.3) is 0 Å². The third-order valence-electron chi connectivity index (χ3n) is 3.57. The van der Waals surface area contributed by atoms with E-state index in [-0.39, 0.29) is 11.9 Å². The molecule has 2 N–H and O–H groups in total. The number of aliphatic imine (C=N–C) groups is 1. The van der Waals surface area contributed by atoms with Gasteiger partial charge in [-0.2, -0.15) is 0 Å². The molecule has 0 radical (unpaired) electrons. The van der Waals surface area contributed by atoms with Crippen LogP contribution in [-0.4, -0.2) is 23.9 Å². The van der Waals surface area contributed by atoms with Gasteiger partial charge < -0.3 is 10.6 Å². The van der Waals surface area contributed by atoms with Gasteiger partial charge in [-0.15, -0.1) is 0 Å². The van der Waals surface area contributed by atoms with E-state index in [0.717, 1.165) is 6.54 Å². The summed E-state index contributed by atoms with van der Waals surface area (Å²) >= 11 is 5.78. The van der Waals surface area contributed by atoms with Gasteiger partial charge in [-0.25, -0.2) is 4.39 Å². The topological polar surface area (TPSA) is 41.6 Å². The Morgan fingerprint density at radius 3 is 2.89 bits per heavy atom. The summed E-state index contributed by atoms with van der Waals surface area (Å²) in [6.45, 7) is 1.40. The zero-order valence-corrected chi connectivity index (χ0v) is 10.7. The summed E-state index contributed by atoms with van der Waals surface area (Å²) in [5.74, 6) is 0.939. The van der Waals surface area contributed by atoms with Gasteiger partial charge in [-0.1, -0.05) is 17.7 Å². The van der Waals surface area contributed by atoms with Crippen LogP contribution in [0.2, 0.25) is 5.02 Å². The molecule has 0 bridgehead atoms. The minimum atomic E-state index is -0.279. The number of nitrogens with two attached hydrogens (primary N) is 1. The second-order valence-corrected chi connectivity index (χ2v) is 5.41. The first-order valence-corrected chi connectivity index (χ1v) is 6.54. The van der Waals surface area contributed by atoms with E-state index in [1.807, 2.05) is 4.90 Å². The fourth-order valence-corrected chi connectivity index (χ4v) is 2.53. The summed E-state index contributed by atoms with van der Waals surface area (Å²) in [5, 5.41) is 0.414. The molecular formula is C13H15ClFN3. The van der Waals surface area contributed by atoms with Crippen LogP contribution in [0.3, 0.4) is 0 Å². The molecule has 3 rings (SSSR count). The van der Waals surface area contributed by atoms with Crippen LogP contribution in [0.15, 0.2) is 23.2 Å². The van der Waals surface area contributed by atoms with Crippen molar-refractivity contribution in [2.24, 2.45) is 16.6 Å². The first kappa shape index (κ1) is 11.8. The monoisotopic (exact) mass is 267 g/mol. The first-order valence-electron chi connectivity index (χ1n) is 6.16. The Hall–Kier alpha value is -1.29. The summed E-state index contributed by atoms with van der Waals surface area (Å²) in [7, 11) is 0. The third-order valence-corrected chi connectivity index (χ3v) is 3.81. The van der Waals surface area contributed by atoms with Gasteiger partial charge in [0.15, 0.2) is 5.96 Å². The van der Waals surface area contributed by atoms with Crippen molar-refractivity contribution in [3.8, 4) is 0 Å². The predicted octanol–water partition coefficient (Wildman–Crippen LogP) is 2.56. The lowest BCUT2D eigenvalue weighted by atomic mass is 10.1. The van der Waals surface area contributed by atoms with Crippen LogP contribution < -0.4 is 5.73 Å². The second kappa shape index (κ2) is 4.43. The molecule has 5 heteroatoms. The van der Waals surface area contributed by atoms with Crippen LogP contribution in [0, 0.1) is 11.7 Å². The third kappa shape index (κ3) is 2.17. The smallest absolute Gasteiger partial charge is 0.191 e. The normalized spacial score (nSPS) is 23.3. The van der Waals surface area contributed by atoms with Gasteiger partial charge in [0.2, 0.25) is 0 Å². The van der Waals surface area contributed by atoms with Crippen LogP contribution in [0.5, 0.6) is 0 Å². The van der Waals surface area contributed by atoms with Crippen LogP contribution in [0.1, 0.15) is 24.4 Å². The Morgan fingerprint density at radius 2 is 2.22 bits per heavy atom. The molecule has 96 valence electrons. The predicted molar refractivity (Wildman–Crippen MR) is 70.1 cm³/mol.